The Morgan fingerprint density at radius 2 is 2.28 bits per heavy atom. The second-order valence-corrected chi connectivity index (χ2v) is 5.47. The molecule has 0 saturated heterocycles. The summed E-state index contributed by atoms with van der Waals surface area (Å²) in [5.74, 6) is 0.952. The Labute approximate surface area is 130 Å². The normalized spacial score (nSPS) is 10.8. The molecule has 9 heteroatoms. The molecule has 2 aromatic rings. The first-order chi connectivity index (χ1) is 8.70. The Morgan fingerprint density at radius 1 is 1.44 bits per heavy atom. The van der Waals surface area contributed by atoms with Crippen LogP contribution in [0.1, 0.15) is 5.56 Å². The molecule has 0 unspecified atom stereocenters. The number of hydrogen-bond acceptors (Lipinski definition) is 5. The zero-order valence-corrected chi connectivity index (χ0v) is 13.4. The van der Waals surface area contributed by atoms with E-state index >= 15 is 0 Å². The van der Waals surface area contributed by atoms with E-state index in [2.05, 4.69) is 76.3 Å². The minimum atomic E-state index is 0.186. The van der Waals surface area contributed by atoms with E-state index in [0.29, 0.717) is 0 Å². The Kier molecular flexibility index (Phi) is 4.68. The minimum absolute atomic E-state index is 0.186. The first-order valence-electron chi connectivity index (χ1n) is 4.71. The number of nitrogens with zero attached hydrogens (tertiary/aromatic N) is 5. The van der Waals surface area contributed by atoms with Crippen LogP contribution in [0.5, 0.6) is 5.75 Å². The number of ether oxygens (including phenoxy) is 1. The number of H-pyrrole nitrogens is 1. The van der Waals surface area contributed by atoms with E-state index in [4.69, 9.17) is 4.74 Å². The monoisotopic (exact) mass is 469 g/mol. The van der Waals surface area contributed by atoms with Crippen molar-refractivity contribution in [2.45, 2.75) is 0 Å². The molecule has 0 saturated carbocycles. The summed E-state index contributed by atoms with van der Waals surface area (Å²) in [6.07, 6.45) is 1.60. The average Bonchev–Trinajstić information content (AvgIpc) is 2.81. The van der Waals surface area contributed by atoms with Gasteiger partial charge in [-0.05, 0) is 57.3 Å². The maximum atomic E-state index is 5.33. The second kappa shape index (κ2) is 6.26. The molecule has 1 N–H and O–H groups in total. The third-order valence-corrected chi connectivity index (χ3v) is 3.34. The molecule has 0 aliphatic rings. The summed E-state index contributed by atoms with van der Waals surface area (Å²) in [5.41, 5.74) is 4.64. The number of methoxy groups -OCH3 is 1. The van der Waals surface area contributed by atoms with Crippen LogP contribution in [-0.2, 0) is 0 Å². The van der Waals surface area contributed by atoms with Crippen molar-refractivity contribution in [3.05, 3.63) is 30.3 Å². The van der Waals surface area contributed by atoms with Gasteiger partial charge in [-0.2, -0.15) is 0 Å². The van der Waals surface area contributed by atoms with Crippen molar-refractivity contribution < 1.29 is 4.74 Å². The van der Waals surface area contributed by atoms with Crippen molar-refractivity contribution in [2.24, 2.45) is 5.10 Å². The van der Waals surface area contributed by atoms with E-state index in [1.165, 1.54) is 0 Å². The molecule has 1 aromatic heterocycles. The number of aromatic nitrogens is 4. The summed E-state index contributed by atoms with van der Waals surface area (Å²) in [7, 11) is 1.62. The van der Waals surface area contributed by atoms with E-state index in [1.54, 1.807) is 13.3 Å². The van der Waals surface area contributed by atoms with E-state index in [9.17, 15) is 0 Å². The van der Waals surface area contributed by atoms with Crippen molar-refractivity contribution >= 4 is 57.3 Å². The molecular weight excluding hydrogens is 462 g/mol. The number of rotatable bonds is 4. The van der Waals surface area contributed by atoms with Crippen LogP contribution in [0.25, 0.3) is 5.43 Å². The van der Waals surface area contributed by atoms with Gasteiger partial charge in [-0.25, -0.2) is 5.10 Å². The smallest absolute Gasteiger partial charge is 0.141 e. The van der Waals surface area contributed by atoms with E-state index in [1.807, 2.05) is 12.1 Å². The number of nitrogens with one attached hydrogen (secondary N) is 1. The van der Waals surface area contributed by atoms with E-state index in [0.717, 1.165) is 18.5 Å². The Hall–Kier alpha value is -0.980. The third kappa shape index (κ3) is 3.28. The van der Waals surface area contributed by atoms with Gasteiger partial charge in [0.05, 0.1) is 16.6 Å². The third-order valence-electron chi connectivity index (χ3n) is 1.92. The van der Waals surface area contributed by atoms with E-state index in [-0.39, 0.29) is 5.95 Å². The first kappa shape index (κ1) is 13.5. The molecule has 0 spiro atoms. The highest BCUT2D eigenvalue weighted by Gasteiger charge is 2.06. The number of aromatic amines is 1. The quantitative estimate of drug-likeness (QED) is 0.424. The van der Waals surface area contributed by atoms with Gasteiger partial charge >= 0.3 is 0 Å². The van der Waals surface area contributed by atoms with Crippen molar-refractivity contribution in [1.82, 2.24) is 20.6 Å². The molecule has 0 aliphatic carbocycles. The lowest BCUT2D eigenvalue weighted by molar-refractivity contribution is 0.411. The molecule has 0 amide bonds. The lowest BCUT2D eigenvalue weighted by Crippen LogP contribution is -1.95. The number of tetrazole rings is 1. The van der Waals surface area contributed by atoms with E-state index < -0.39 is 0 Å². The van der Waals surface area contributed by atoms with Gasteiger partial charge in [-0.3, -0.25) is 20.8 Å². The Bertz CT molecular complexity index is 556. The van der Waals surface area contributed by atoms with Crippen LogP contribution in [0.2, 0.25) is 0 Å². The molecule has 0 radical (unpaired) electrons. The zero-order valence-electron chi connectivity index (χ0n) is 9.13. The van der Waals surface area contributed by atoms with Gasteiger partial charge in [-0.1, -0.05) is 0 Å². The predicted molar refractivity (Wildman–Crippen MR) is 83.2 cm³/mol. The number of hydrogen-bond donors (Lipinski definition) is 1. The van der Waals surface area contributed by atoms with Gasteiger partial charge in [0.2, 0.25) is 0 Å². The summed E-state index contributed by atoms with van der Waals surface area (Å²) < 4.78 is 7.44. The fourth-order valence-electron chi connectivity index (χ4n) is 1.23. The molecule has 7 nitrogen and oxygen atoms in total. The van der Waals surface area contributed by atoms with Crippen LogP contribution < -0.4 is 4.74 Å². The predicted octanol–water partition coefficient (Wildman–Crippen LogP) is 2.46. The van der Waals surface area contributed by atoms with Gasteiger partial charge in [0.1, 0.15) is 5.75 Å². The SMILES string of the molecule is COc1c(I)cc(I)cc1C=N[N-]c1nn[nH]n1. The van der Waals surface area contributed by atoms with Gasteiger partial charge < -0.3 is 4.74 Å². The van der Waals surface area contributed by atoms with Gasteiger partial charge in [-0.15, -0.1) is 5.21 Å². The zero-order chi connectivity index (χ0) is 13.0. The summed E-state index contributed by atoms with van der Waals surface area (Å²) in [4.78, 5) is 0. The number of benzene rings is 1. The van der Waals surface area contributed by atoms with Crippen LogP contribution in [0, 0.1) is 7.14 Å². The molecule has 0 bridgehead atoms. The highest BCUT2D eigenvalue weighted by Crippen LogP contribution is 2.27. The van der Waals surface area contributed by atoms with Gasteiger partial charge in [0.25, 0.3) is 0 Å². The van der Waals surface area contributed by atoms with Crippen molar-refractivity contribution in [2.75, 3.05) is 7.11 Å². The molecule has 1 aromatic carbocycles. The fraction of sp³-hybridized carbons (Fsp3) is 0.111. The van der Waals surface area contributed by atoms with Gasteiger partial charge in [0, 0.05) is 15.3 Å². The van der Waals surface area contributed by atoms with Gasteiger partial charge in [0.15, 0.2) is 0 Å². The molecular formula is C9H7I2N6O-. The van der Waals surface area contributed by atoms with Crippen LogP contribution in [0.3, 0.4) is 0 Å². The second-order valence-electron chi connectivity index (χ2n) is 3.07. The van der Waals surface area contributed by atoms with Crippen molar-refractivity contribution in [1.29, 1.82) is 0 Å². The molecule has 0 atom stereocenters. The highest BCUT2D eigenvalue weighted by atomic mass is 127. The molecule has 1 heterocycles. The highest BCUT2D eigenvalue weighted by molar-refractivity contribution is 14.1. The van der Waals surface area contributed by atoms with Crippen LogP contribution >= 0.6 is 45.2 Å². The van der Waals surface area contributed by atoms with Crippen molar-refractivity contribution in [3.8, 4) is 5.75 Å². The lowest BCUT2D eigenvalue weighted by Gasteiger charge is -2.08. The number of halogens is 2. The Morgan fingerprint density at radius 3 is 2.94 bits per heavy atom. The summed E-state index contributed by atoms with van der Waals surface area (Å²) in [5, 5.41) is 16.9. The van der Waals surface area contributed by atoms with Crippen molar-refractivity contribution in [3.63, 3.8) is 0 Å². The standard InChI is InChI=1S/C9H7I2N6O/c1-18-8-5(2-6(10)3-7(8)11)4-12-13-9-14-16-17-15-9/h2-4H,1H3,(H-,13,14,15,16,17)/q-1. The summed E-state index contributed by atoms with van der Waals surface area (Å²) in [6.45, 7) is 0. The van der Waals surface area contributed by atoms with Crippen LogP contribution in [0.4, 0.5) is 5.95 Å². The first-order valence-corrected chi connectivity index (χ1v) is 6.87. The summed E-state index contributed by atoms with van der Waals surface area (Å²) >= 11 is 4.45. The molecule has 0 fully saturated rings. The minimum Gasteiger partial charge on any atom is -0.495 e. The molecule has 2 rings (SSSR count). The maximum Gasteiger partial charge on any atom is 0.141 e. The fourth-order valence-corrected chi connectivity index (χ4v) is 3.34. The van der Waals surface area contributed by atoms with Crippen LogP contribution in [-0.4, -0.2) is 33.9 Å². The topological polar surface area (TPSA) is 90.1 Å². The maximum absolute atomic E-state index is 5.33. The summed E-state index contributed by atoms with van der Waals surface area (Å²) in [6, 6.07) is 3.98. The van der Waals surface area contributed by atoms with Crippen LogP contribution in [0.15, 0.2) is 17.2 Å². The average molecular weight is 469 g/mol. The Balaban J connectivity index is 2.20. The molecule has 94 valence electrons. The largest absolute Gasteiger partial charge is 0.495 e. The molecule has 0 aliphatic heterocycles. The molecule has 18 heavy (non-hydrogen) atoms. The lowest BCUT2D eigenvalue weighted by atomic mass is 10.2.